The Balaban J connectivity index is 0.838. The molecule has 6 fully saturated rings. The number of hydrogen-bond acceptors (Lipinski definition) is 13. The highest BCUT2D eigenvalue weighted by Gasteiger charge is 2.51. The number of aliphatic imine (C=N–C) groups is 1. The molecule has 3 aliphatic heterocycles. The molecule has 59 heavy (non-hydrogen) atoms. The molecular weight excluding hydrogens is 763 g/mol. The number of carbonyl (C=O) groups is 2. The number of amides is 2. The quantitative estimate of drug-likeness (QED) is 0.132. The van der Waals surface area contributed by atoms with E-state index >= 15 is 0 Å². The second-order valence-corrected chi connectivity index (χ2v) is 18.0. The molecule has 15 heteroatoms. The van der Waals surface area contributed by atoms with Crippen LogP contribution in [0.3, 0.4) is 0 Å². The highest BCUT2D eigenvalue weighted by molar-refractivity contribution is 7.14. The lowest BCUT2D eigenvalue weighted by Gasteiger charge is -2.54. The number of carbonyl (C=O) groups excluding carboxylic acids is 2. The van der Waals surface area contributed by atoms with Crippen molar-refractivity contribution < 1.29 is 14.3 Å². The van der Waals surface area contributed by atoms with E-state index in [4.69, 9.17) is 19.9 Å². The van der Waals surface area contributed by atoms with Gasteiger partial charge in [0, 0.05) is 81.9 Å². The Hall–Kier alpha value is -5.30. The standard InChI is InChI=1S/C44H51N11O3S/c1-3-31(34-5-7-39(56)50-40(34)57)26-46-29(2)54-18-16-53(17-19-54)28-43-10-13-44(14-11-43,15-12-43)42-52-51-41(59-42)35-27-47-37(23-36(35)49-32-8-20-58-21-9-32)38-6-4-33-22-30(24-45)25-48-55(33)38/h3-4,6,22-23,25-27,32,34H,2,5,7-21,28H2,1H3,(H,47,49)(H,50,56,57)/b31-3+,46-26-/t34-,43?,44?/m0/s1. The van der Waals surface area contributed by atoms with Crippen LogP contribution >= 0.6 is 11.3 Å². The van der Waals surface area contributed by atoms with Gasteiger partial charge in [0.15, 0.2) is 5.01 Å². The van der Waals surface area contributed by atoms with Crippen molar-refractivity contribution in [1.82, 2.24) is 39.9 Å². The number of hydrogen-bond donors (Lipinski definition) is 2. The molecule has 10 rings (SSSR count). The van der Waals surface area contributed by atoms with Crippen LogP contribution in [0.5, 0.6) is 0 Å². The zero-order chi connectivity index (χ0) is 40.6. The summed E-state index contributed by atoms with van der Waals surface area (Å²) in [4.78, 5) is 38.5. The Morgan fingerprint density at radius 2 is 1.85 bits per heavy atom. The Bertz CT molecular complexity index is 2340. The molecule has 0 radical (unpaired) electrons. The highest BCUT2D eigenvalue weighted by Crippen LogP contribution is 2.58. The number of piperazine rings is 1. The predicted octanol–water partition coefficient (Wildman–Crippen LogP) is 6.13. The minimum absolute atomic E-state index is 0.0756. The maximum absolute atomic E-state index is 12.4. The van der Waals surface area contributed by atoms with Gasteiger partial charge in [-0.2, -0.15) is 10.4 Å². The number of rotatable bonds is 11. The fourth-order valence-electron chi connectivity index (χ4n) is 9.82. The first-order valence-electron chi connectivity index (χ1n) is 21.0. The number of fused-ring (bicyclic) bond motifs is 4. The largest absolute Gasteiger partial charge is 0.381 e. The molecule has 2 bridgehead atoms. The van der Waals surface area contributed by atoms with E-state index in [1.165, 1.54) is 19.3 Å². The number of anilines is 1. The van der Waals surface area contributed by atoms with E-state index in [1.54, 1.807) is 23.7 Å². The third-order valence-electron chi connectivity index (χ3n) is 13.5. The molecule has 3 aliphatic carbocycles. The van der Waals surface area contributed by atoms with Crippen LogP contribution in [0.15, 0.2) is 65.7 Å². The lowest BCUT2D eigenvalue weighted by atomic mass is 9.54. The number of nitrogens with zero attached hydrogens (tertiary/aromatic N) is 9. The van der Waals surface area contributed by atoms with Gasteiger partial charge in [0.1, 0.15) is 16.9 Å². The molecule has 1 atom stereocenters. The zero-order valence-corrected chi connectivity index (χ0v) is 34.5. The average molecular weight is 814 g/mol. The monoisotopic (exact) mass is 813 g/mol. The summed E-state index contributed by atoms with van der Waals surface area (Å²) in [6, 6.07) is 10.4. The van der Waals surface area contributed by atoms with Crippen LogP contribution in [-0.4, -0.2) is 105 Å². The van der Waals surface area contributed by atoms with E-state index in [9.17, 15) is 14.9 Å². The fourth-order valence-corrected chi connectivity index (χ4v) is 11.0. The lowest BCUT2D eigenvalue weighted by Crippen LogP contribution is -2.53. The molecule has 7 heterocycles. The fraction of sp³-hybridized carbons (Fsp3) is 0.500. The van der Waals surface area contributed by atoms with Gasteiger partial charge >= 0.3 is 0 Å². The number of nitrogens with one attached hydrogen (secondary N) is 2. The number of imide groups is 1. The molecule has 0 unspecified atom stereocenters. The summed E-state index contributed by atoms with van der Waals surface area (Å²) < 4.78 is 7.50. The Morgan fingerprint density at radius 1 is 1.07 bits per heavy atom. The molecule has 14 nitrogen and oxygen atoms in total. The van der Waals surface area contributed by atoms with Crippen molar-refractivity contribution in [1.29, 1.82) is 5.26 Å². The van der Waals surface area contributed by atoms with Gasteiger partial charge in [-0.3, -0.25) is 24.8 Å². The second-order valence-electron chi connectivity index (χ2n) is 17.0. The summed E-state index contributed by atoms with van der Waals surface area (Å²) in [5, 5.41) is 32.0. The minimum Gasteiger partial charge on any atom is -0.381 e. The molecule has 0 spiro atoms. The van der Waals surface area contributed by atoms with E-state index in [1.807, 2.05) is 41.9 Å². The molecule has 3 saturated carbocycles. The predicted molar refractivity (Wildman–Crippen MR) is 227 cm³/mol. The van der Waals surface area contributed by atoms with E-state index in [0.717, 1.165) is 122 Å². The van der Waals surface area contributed by atoms with Gasteiger partial charge in [-0.15, -0.1) is 10.2 Å². The average Bonchev–Trinajstić information content (AvgIpc) is 3.94. The van der Waals surface area contributed by atoms with Crippen LogP contribution in [0.25, 0.3) is 27.5 Å². The molecule has 6 aliphatic rings. The van der Waals surface area contributed by atoms with Crippen molar-refractivity contribution in [2.24, 2.45) is 16.3 Å². The van der Waals surface area contributed by atoms with Crippen LogP contribution in [0.2, 0.25) is 0 Å². The third kappa shape index (κ3) is 7.93. The van der Waals surface area contributed by atoms with Crippen LogP contribution in [0.4, 0.5) is 5.69 Å². The molecule has 4 aromatic rings. The van der Waals surface area contributed by atoms with E-state index in [2.05, 4.69) is 49.2 Å². The lowest BCUT2D eigenvalue weighted by molar-refractivity contribution is -0.135. The minimum atomic E-state index is -0.353. The third-order valence-corrected chi connectivity index (χ3v) is 14.7. The molecule has 2 amide bonds. The van der Waals surface area contributed by atoms with Crippen molar-refractivity contribution in [3.05, 3.63) is 71.3 Å². The Labute approximate surface area is 348 Å². The first kappa shape index (κ1) is 39.2. The first-order chi connectivity index (χ1) is 28.7. The van der Waals surface area contributed by atoms with Gasteiger partial charge in [0.2, 0.25) is 11.8 Å². The second kappa shape index (κ2) is 16.4. The Kier molecular flexibility index (Phi) is 10.9. The maximum atomic E-state index is 12.4. The number of allylic oxidation sites excluding steroid dienone is 1. The number of piperidine rings is 1. The maximum Gasteiger partial charge on any atom is 0.234 e. The molecular formula is C44H51N11O3S. The summed E-state index contributed by atoms with van der Waals surface area (Å²) in [7, 11) is 0. The number of aromatic nitrogens is 5. The summed E-state index contributed by atoms with van der Waals surface area (Å²) in [6.45, 7) is 12.4. The Morgan fingerprint density at radius 3 is 2.58 bits per heavy atom. The molecule has 3 saturated heterocycles. The van der Waals surface area contributed by atoms with E-state index in [-0.39, 0.29) is 29.2 Å². The van der Waals surface area contributed by atoms with Crippen LogP contribution < -0.4 is 10.6 Å². The van der Waals surface area contributed by atoms with Crippen molar-refractivity contribution in [2.45, 2.75) is 82.6 Å². The first-order valence-corrected chi connectivity index (χ1v) is 21.8. The van der Waals surface area contributed by atoms with Crippen LogP contribution in [0.1, 0.15) is 81.7 Å². The van der Waals surface area contributed by atoms with Crippen molar-refractivity contribution >= 4 is 40.6 Å². The van der Waals surface area contributed by atoms with Gasteiger partial charge in [-0.25, -0.2) is 9.51 Å². The van der Waals surface area contributed by atoms with Crippen molar-refractivity contribution in [2.75, 3.05) is 51.3 Å². The van der Waals surface area contributed by atoms with Crippen LogP contribution in [-0.2, 0) is 19.7 Å². The SMILES string of the molecule is C=C(/N=C\C(=C/C)[C@@H]1CCC(=O)NC1=O)N1CCN(CC23CCC(c4nnc(-c5cnc(-c6ccc7cc(C#N)cnn67)cc5NC5CCOCC5)s4)(CC2)CC3)CC1. The van der Waals surface area contributed by atoms with Gasteiger partial charge in [0.25, 0.3) is 0 Å². The summed E-state index contributed by atoms with van der Waals surface area (Å²) in [5.74, 6) is -0.0980. The number of ether oxygens (including phenoxy) is 1. The number of pyridine rings is 1. The van der Waals surface area contributed by atoms with Crippen molar-refractivity contribution in [3.63, 3.8) is 0 Å². The van der Waals surface area contributed by atoms with Gasteiger partial charge < -0.3 is 15.0 Å². The highest BCUT2D eigenvalue weighted by atomic mass is 32.1. The molecule has 306 valence electrons. The van der Waals surface area contributed by atoms with Gasteiger partial charge in [0.05, 0.1) is 40.1 Å². The number of nitriles is 1. The van der Waals surface area contributed by atoms with E-state index < -0.39 is 0 Å². The summed E-state index contributed by atoms with van der Waals surface area (Å²) >= 11 is 1.73. The smallest absolute Gasteiger partial charge is 0.234 e. The summed E-state index contributed by atoms with van der Waals surface area (Å²) in [5.41, 5.74) is 6.21. The summed E-state index contributed by atoms with van der Waals surface area (Å²) in [6.07, 6.45) is 16.9. The van der Waals surface area contributed by atoms with Crippen molar-refractivity contribution in [3.8, 4) is 28.0 Å². The van der Waals surface area contributed by atoms with Crippen LogP contribution in [0, 0.1) is 22.7 Å². The normalized spacial score (nSPS) is 25.7. The molecule has 4 aromatic heterocycles. The zero-order valence-electron chi connectivity index (χ0n) is 33.7. The van der Waals surface area contributed by atoms with E-state index in [0.29, 0.717) is 29.6 Å². The molecule has 0 aromatic carbocycles. The van der Waals surface area contributed by atoms with Gasteiger partial charge in [-0.05, 0) is 100.0 Å². The van der Waals surface area contributed by atoms with Gasteiger partial charge in [-0.1, -0.05) is 24.0 Å². The topological polar surface area (TPSA) is 166 Å². The molecule has 2 N–H and O–H groups in total.